The molecule has 0 bridgehead atoms. The quantitative estimate of drug-likeness (QED) is 0.610. The number of aromatic nitrogens is 2. The lowest BCUT2D eigenvalue weighted by Crippen LogP contribution is -2.54. The number of nitrogens with zero attached hydrogens (tertiary/aromatic N) is 3. The van der Waals surface area contributed by atoms with Crippen molar-refractivity contribution in [3.8, 4) is 17.2 Å². The van der Waals surface area contributed by atoms with Crippen LogP contribution in [0.1, 0.15) is 23.1 Å². The Kier molecular flexibility index (Phi) is 5.36. The van der Waals surface area contributed by atoms with Gasteiger partial charge in [0.2, 0.25) is 11.9 Å². The molecule has 3 heterocycles. The first-order valence-electron chi connectivity index (χ1n) is 9.52. The van der Waals surface area contributed by atoms with E-state index in [0.29, 0.717) is 0 Å². The molecule has 0 saturated heterocycles. The number of rotatable bonds is 3. The molecule has 0 saturated carbocycles. The summed E-state index contributed by atoms with van der Waals surface area (Å²) in [6, 6.07) is 12.3. The number of aliphatic hydroxyl groups excluding tert-OH is 1. The Morgan fingerprint density at radius 2 is 1.66 bits per heavy atom. The van der Waals surface area contributed by atoms with Gasteiger partial charge in [0.25, 0.3) is 5.91 Å². The Labute approximate surface area is 180 Å². The van der Waals surface area contributed by atoms with E-state index in [0.717, 1.165) is 17.2 Å². The molecule has 2 N–H and O–H groups in total. The number of hydrogen-bond donors (Lipinski definition) is 2. The SMILES string of the molecule is N#CC1=C(O)NC(=O)[C@@H]([n+]2ccc(-c3ccncc3)cc2)[C@@H]1c1ccccc1C(F)(F)F. The molecule has 6 nitrogen and oxygen atoms in total. The van der Waals surface area contributed by atoms with Crippen LogP contribution in [0.25, 0.3) is 11.1 Å². The average molecular weight is 437 g/mol. The summed E-state index contributed by atoms with van der Waals surface area (Å²) < 4.78 is 42.6. The van der Waals surface area contributed by atoms with Gasteiger partial charge in [-0.15, -0.1) is 0 Å². The zero-order valence-corrected chi connectivity index (χ0v) is 16.4. The molecule has 1 amide bonds. The van der Waals surface area contributed by atoms with Crippen LogP contribution in [-0.4, -0.2) is 16.0 Å². The zero-order valence-electron chi connectivity index (χ0n) is 16.4. The lowest BCUT2D eigenvalue weighted by molar-refractivity contribution is -0.711. The average Bonchev–Trinajstić information content (AvgIpc) is 2.79. The van der Waals surface area contributed by atoms with Crippen LogP contribution in [0.3, 0.4) is 0 Å². The van der Waals surface area contributed by atoms with Gasteiger partial charge in [-0.2, -0.15) is 23.0 Å². The molecular weight excluding hydrogens is 421 g/mol. The van der Waals surface area contributed by atoms with Gasteiger partial charge in [-0.1, -0.05) is 18.2 Å². The van der Waals surface area contributed by atoms with Crippen molar-refractivity contribution >= 4 is 5.91 Å². The Bertz CT molecular complexity index is 1230. The Balaban J connectivity index is 1.86. The van der Waals surface area contributed by atoms with Gasteiger partial charge < -0.3 is 5.11 Å². The molecule has 160 valence electrons. The highest BCUT2D eigenvalue weighted by Crippen LogP contribution is 2.42. The van der Waals surface area contributed by atoms with Gasteiger partial charge in [-0.25, -0.2) is 0 Å². The molecule has 3 aromatic rings. The van der Waals surface area contributed by atoms with Crippen molar-refractivity contribution in [2.24, 2.45) is 0 Å². The predicted octanol–water partition coefficient (Wildman–Crippen LogP) is 3.80. The van der Waals surface area contributed by atoms with Crippen LogP contribution < -0.4 is 9.88 Å². The molecular formula is C23H16F3N4O2+. The van der Waals surface area contributed by atoms with E-state index in [-0.39, 0.29) is 11.1 Å². The van der Waals surface area contributed by atoms with Crippen molar-refractivity contribution in [3.05, 3.63) is 95.9 Å². The molecule has 1 aromatic carbocycles. The second-order valence-electron chi connectivity index (χ2n) is 7.14. The fourth-order valence-corrected chi connectivity index (χ4v) is 3.86. The van der Waals surface area contributed by atoms with Crippen LogP contribution in [0.5, 0.6) is 0 Å². The fraction of sp³-hybridized carbons (Fsp3) is 0.130. The fourth-order valence-electron chi connectivity index (χ4n) is 3.86. The third-order valence-electron chi connectivity index (χ3n) is 5.30. The van der Waals surface area contributed by atoms with Crippen LogP contribution >= 0.6 is 0 Å². The predicted molar refractivity (Wildman–Crippen MR) is 107 cm³/mol. The van der Waals surface area contributed by atoms with Crippen LogP contribution in [-0.2, 0) is 11.0 Å². The van der Waals surface area contributed by atoms with Gasteiger partial charge in [-0.05, 0) is 34.9 Å². The molecule has 1 aliphatic heterocycles. The van der Waals surface area contributed by atoms with E-state index in [1.807, 2.05) is 0 Å². The van der Waals surface area contributed by atoms with Gasteiger partial charge in [0, 0.05) is 24.5 Å². The van der Waals surface area contributed by atoms with E-state index < -0.39 is 35.5 Å². The maximum Gasteiger partial charge on any atom is 0.416 e. The first kappa shape index (κ1) is 21.1. The monoisotopic (exact) mass is 437 g/mol. The first-order valence-corrected chi connectivity index (χ1v) is 9.52. The highest BCUT2D eigenvalue weighted by molar-refractivity contribution is 5.84. The summed E-state index contributed by atoms with van der Waals surface area (Å²) in [6.45, 7) is 0. The van der Waals surface area contributed by atoms with Crippen LogP contribution in [0, 0.1) is 11.3 Å². The van der Waals surface area contributed by atoms with Gasteiger partial charge in [0.05, 0.1) is 11.5 Å². The van der Waals surface area contributed by atoms with Gasteiger partial charge >= 0.3 is 6.18 Å². The number of pyridine rings is 2. The summed E-state index contributed by atoms with van der Waals surface area (Å²) in [5, 5.41) is 22.0. The molecule has 32 heavy (non-hydrogen) atoms. The molecule has 4 rings (SSSR count). The smallest absolute Gasteiger partial charge is 0.416 e. The number of nitrogens with one attached hydrogen (secondary N) is 1. The first-order chi connectivity index (χ1) is 15.3. The number of aliphatic hydroxyl groups is 1. The van der Waals surface area contributed by atoms with E-state index in [1.165, 1.54) is 22.8 Å². The minimum absolute atomic E-state index is 0.270. The normalized spacial score (nSPS) is 18.8. The number of nitriles is 1. The number of amides is 1. The highest BCUT2D eigenvalue weighted by Gasteiger charge is 2.48. The molecule has 9 heteroatoms. The van der Waals surface area contributed by atoms with Crippen LogP contribution in [0.15, 0.2) is 84.8 Å². The van der Waals surface area contributed by atoms with Gasteiger partial charge in [-0.3, -0.25) is 15.1 Å². The van der Waals surface area contributed by atoms with Crippen molar-refractivity contribution in [3.63, 3.8) is 0 Å². The standard InChI is InChI=1S/C23H15F3N4O2/c24-23(25,26)18-4-2-1-3-16(18)19-17(13-27)21(31)29-22(32)20(19)30-11-7-15(8-12-30)14-5-9-28-10-6-14/h1-12,19-20H,(H-,29,31,32)/p+1/t19-,20+/m1/s1. The largest absolute Gasteiger partial charge is 0.494 e. The third-order valence-corrected chi connectivity index (χ3v) is 5.30. The van der Waals surface area contributed by atoms with Crippen molar-refractivity contribution in [2.75, 3.05) is 0 Å². The van der Waals surface area contributed by atoms with Crippen molar-refractivity contribution < 1.29 is 27.6 Å². The number of alkyl halides is 3. The maximum atomic E-state index is 13.7. The number of hydrogen-bond acceptors (Lipinski definition) is 4. The van der Waals surface area contributed by atoms with E-state index in [9.17, 15) is 28.3 Å². The topological polar surface area (TPSA) is 89.9 Å². The molecule has 2 atom stereocenters. The number of benzene rings is 1. The van der Waals surface area contributed by atoms with Crippen molar-refractivity contribution in [2.45, 2.75) is 18.1 Å². The molecule has 1 aliphatic rings. The summed E-state index contributed by atoms with van der Waals surface area (Å²) in [5.41, 5.74) is 0.0883. The van der Waals surface area contributed by atoms with Gasteiger partial charge in [0.15, 0.2) is 12.4 Å². The van der Waals surface area contributed by atoms with E-state index in [1.54, 1.807) is 55.1 Å². The number of halogens is 3. The van der Waals surface area contributed by atoms with E-state index >= 15 is 0 Å². The second-order valence-corrected chi connectivity index (χ2v) is 7.14. The summed E-state index contributed by atoms with van der Waals surface area (Å²) in [5.74, 6) is -2.82. The minimum atomic E-state index is -4.71. The van der Waals surface area contributed by atoms with Gasteiger partial charge in [0.1, 0.15) is 11.6 Å². The molecule has 0 fully saturated rings. The summed E-state index contributed by atoms with van der Waals surface area (Å²) in [6.07, 6.45) is 1.66. The highest BCUT2D eigenvalue weighted by atomic mass is 19.4. The lowest BCUT2D eigenvalue weighted by Gasteiger charge is -2.28. The van der Waals surface area contributed by atoms with Crippen LogP contribution in [0.2, 0.25) is 0 Å². The number of carbonyl (C=O) groups is 1. The molecule has 0 unspecified atom stereocenters. The van der Waals surface area contributed by atoms with Crippen molar-refractivity contribution in [1.29, 1.82) is 5.26 Å². The summed E-state index contributed by atoms with van der Waals surface area (Å²) in [4.78, 5) is 16.8. The lowest BCUT2D eigenvalue weighted by atomic mass is 9.80. The second kappa shape index (κ2) is 8.15. The van der Waals surface area contributed by atoms with E-state index in [2.05, 4.69) is 10.3 Å². The van der Waals surface area contributed by atoms with Crippen molar-refractivity contribution in [1.82, 2.24) is 10.3 Å². The zero-order chi connectivity index (χ0) is 22.9. The Morgan fingerprint density at radius 1 is 1.03 bits per heavy atom. The molecule has 0 aliphatic carbocycles. The maximum absolute atomic E-state index is 13.7. The minimum Gasteiger partial charge on any atom is -0.494 e. The summed E-state index contributed by atoms with van der Waals surface area (Å²) >= 11 is 0. The Hall–Kier alpha value is -4.19. The molecule has 0 radical (unpaired) electrons. The number of allylic oxidation sites excluding steroid dienone is 1. The summed E-state index contributed by atoms with van der Waals surface area (Å²) in [7, 11) is 0. The molecule has 2 aromatic heterocycles. The molecule has 0 spiro atoms. The third kappa shape index (κ3) is 3.78. The number of carbonyl (C=O) groups excluding carboxylic acids is 1. The van der Waals surface area contributed by atoms with E-state index in [4.69, 9.17) is 0 Å². The Morgan fingerprint density at radius 3 is 2.28 bits per heavy atom. The van der Waals surface area contributed by atoms with Crippen LogP contribution in [0.4, 0.5) is 13.2 Å².